The highest BCUT2D eigenvalue weighted by Gasteiger charge is 2.32. The zero-order valence-corrected chi connectivity index (χ0v) is 26.0. The summed E-state index contributed by atoms with van der Waals surface area (Å²) in [6.07, 6.45) is -4.92. The largest absolute Gasteiger partial charge is 0.488 e. The molecule has 0 saturated heterocycles. The molecule has 2 N–H and O–H groups in total. The number of hydrogen-bond donors (Lipinski definition) is 2. The van der Waals surface area contributed by atoms with Crippen LogP contribution in [0, 0.1) is 12.8 Å². The Morgan fingerprint density at radius 2 is 1.75 bits per heavy atom. The van der Waals surface area contributed by atoms with Crippen molar-refractivity contribution in [1.29, 1.82) is 0 Å². The van der Waals surface area contributed by atoms with Crippen LogP contribution in [0.2, 0.25) is 0 Å². The number of likely N-dealkylation sites (N-methyl/N-ethyl adjacent to an activating group) is 1. The molecule has 0 bridgehead atoms. The van der Waals surface area contributed by atoms with E-state index in [-0.39, 0.29) is 35.4 Å². The molecule has 1 aliphatic heterocycles. The number of rotatable bonds is 9. The van der Waals surface area contributed by atoms with E-state index < -0.39 is 33.9 Å². The number of sulfonamides is 1. The van der Waals surface area contributed by atoms with Gasteiger partial charge in [0.15, 0.2) is 0 Å². The van der Waals surface area contributed by atoms with Crippen molar-refractivity contribution in [1.82, 2.24) is 9.80 Å². The topological polar surface area (TPSA) is 99.2 Å². The highest BCUT2D eigenvalue weighted by molar-refractivity contribution is 7.92. The smallest absolute Gasteiger partial charge is 0.416 e. The van der Waals surface area contributed by atoms with E-state index in [1.807, 2.05) is 25.8 Å². The fraction of sp³-hybridized carbons (Fsp3) is 0.406. The van der Waals surface area contributed by atoms with Gasteiger partial charge in [0.05, 0.1) is 29.5 Å². The number of halogens is 3. The number of fused-ring (bicyclic) bond motifs is 1. The number of benzene rings is 3. The second-order valence-corrected chi connectivity index (χ2v) is 13.2. The maximum absolute atomic E-state index is 13.5. The van der Waals surface area contributed by atoms with Crippen LogP contribution in [0.15, 0.2) is 71.6 Å². The lowest BCUT2D eigenvalue weighted by molar-refractivity contribution is -0.137. The third kappa shape index (κ3) is 8.30. The third-order valence-electron chi connectivity index (χ3n) is 7.73. The molecule has 0 saturated carbocycles. The maximum atomic E-state index is 13.5. The molecule has 0 aromatic heterocycles. The van der Waals surface area contributed by atoms with Crippen molar-refractivity contribution in [3.05, 3.63) is 89.0 Å². The molecule has 1 amide bonds. The molecular weight excluding hydrogens is 595 g/mol. The molecule has 0 unspecified atom stereocenters. The Kier molecular flexibility index (Phi) is 10.3. The van der Waals surface area contributed by atoms with E-state index in [9.17, 15) is 31.5 Å². The number of anilines is 1. The first-order valence-corrected chi connectivity index (χ1v) is 15.8. The number of carbonyl (C=O) groups is 1. The van der Waals surface area contributed by atoms with Crippen molar-refractivity contribution in [2.24, 2.45) is 5.92 Å². The van der Waals surface area contributed by atoms with E-state index in [1.165, 1.54) is 24.3 Å². The van der Waals surface area contributed by atoms with Crippen molar-refractivity contribution >= 4 is 21.6 Å². The van der Waals surface area contributed by atoms with Crippen molar-refractivity contribution in [3.8, 4) is 5.75 Å². The summed E-state index contributed by atoms with van der Waals surface area (Å²) < 4.78 is 74.1. The lowest BCUT2D eigenvalue weighted by Gasteiger charge is -2.34. The lowest BCUT2D eigenvalue weighted by Crippen LogP contribution is -2.47. The molecule has 0 radical (unpaired) electrons. The molecule has 12 heteroatoms. The van der Waals surface area contributed by atoms with Gasteiger partial charge < -0.3 is 14.7 Å². The number of ether oxygens (including phenoxy) is 1. The van der Waals surface area contributed by atoms with Gasteiger partial charge in [0, 0.05) is 36.8 Å². The first-order valence-electron chi connectivity index (χ1n) is 14.3. The van der Waals surface area contributed by atoms with E-state index in [1.54, 1.807) is 42.2 Å². The molecule has 8 nitrogen and oxygen atoms in total. The fourth-order valence-electron chi connectivity index (χ4n) is 5.12. The van der Waals surface area contributed by atoms with Crippen LogP contribution in [0.1, 0.15) is 36.1 Å². The lowest BCUT2D eigenvalue weighted by atomic mass is 10.0. The van der Waals surface area contributed by atoms with Crippen molar-refractivity contribution in [2.45, 2.75) is 57.0 Å². The quantitative estimate of drug-likeness (QED) is 0.341. The summed E-state index contributed by atoms with van der Waals surface area (Å²) >= 11 is 0. The van der Waals surface area contributed by atoms with E-state index >= 15 is 0 Å². The second-order valence-electron chi connectivity index (χ2n) is 11.5. The molecule has 44 heavy (non-hydrogen) atoms. The highest BCUT2D eigenvalue weighted by Crippen LogP contribution is 2.31. The van der Waals surface area contributed by atoms with Crippen LogP contribution in [0.5, 0.6) is 5.75 Å². The zero-order valence-electron chi connectivity index (χ0n) is 25.1. The first kappa shape index (κ1) is 33.3. The molecule has 0 spiro atoms. The number of aryl methyl sites for hydroxylation is 1. The fourth-order valence-corrected chi connectivity index (χ4v) is 6.17. The van der Waals surface area contributed by atoms with Gasteiger partial charge >= 0.3 is 6.18 Å². The number of nitrogens with one attached hydrogen (secondary N) is 1. The number of carbonyl (C=O) groups excluding carboxylic acids is 1. The van der Waals surface area contributed by atoms with Gasteiger partial charge in [-0.25, -0.2) is 8.42 Å². The van der Waals surface area contributed by atoms with Gasteiger partial charge in [-0.1, -0.05) is 36.8 Å². The summed E-state index contributed by atoms with van der Waals surface area (Å²) in [6, 6.07) is 15.8. The monoisotopic (exact) mass is 633 g/mol. The van der Waals surface area contributed by atoms with E-state index in [2.05, 4.69) is 4.72 Å². The molecule has 0 aliphatic carbocycles. The summed E-state index contributed by atoms with van der Waals surface area (Å²) in [4.78, 5) is 17.1. The minimum Gasteiger partial charge on any atom is -0.488 e. The summed E-state index contributed by atoms with van der Waals surface area (Å²) in [5.41, 5.74) is 1.67. The Bertz CT molecular complexity index is 1550. The molecule has 1 aliphatic rings. The molecule has 3 atom stereocenters. The minimum atomic E-state index is -4.41. The van der Waals surface area contributed by atoms with E-state index in [4.69, 9.17) is 4.74 Å². The van der Waals surface area contributed by atoms with Crippen molar-refractivity contribution < 1.29 is 36.2 Å². The first-order chi connectivity index (χ1) is 20.7. The van der Waals surface area contributed by atoms with Crippen LogP contribution in [0.4, 0.5) is 18.9 Å². The minimum absolute atomic E-state index is 0.0688. The highest BCUT2D eigenvalue weighted by atomic mass is 32.2. The van der Waals surface area contributed by atoms with Gasteiger partial charge in [-0.2, -0.15) is 13.2 Å². The van der Waals surface area contributed by atoms with E-state index in [0.717, 1.165) is 17.7 Å². The van der Waals surface area contributed by atoms with Gasteiger partial charge in [-0.15, -0.1) is 0 Å². The summed E-state index contributed by atoms with van der Waals surface area (Å²) in [6.45, 7) is 6.38. The molecule has 238 valence electrons. The number of nitrogens with zero attached hydrogens (tertiary/aromatic N) is 2. The normalized spacial score (nSPS) is 18.6. The predicted molar refractivity (Wildman–Crippen MR) is 162 cm³/mol. The molecule has 1 heterocycles. The maximum Gasteiger partial charge on any atom is 0.416 e. The van der Waals surface area contributed by atoms with Crippen LogP contribution in [0.3, 0.4) is 0 Å². The standard InChI is InChI=1S/C32H38F3N3O5S/c1-21-5-12-28(13-6-21)44(41,42)36-27-11-14-29-25(15-27)16-31(40)38(23(3)20-39)17-22(2)30(43-29)19-37(4)18-24-7-9-26(10-8-24)32(33,34)35/h5-15,22-23,30,36,39H,16-20H2,1-4H3/t22-,23+,30-/m0/s1. The average Bonchev–Trinajstić information content (AvgIpc) is 3.00. The Balaban J connectivity index is 1.60. The van der Waals surface area contributed by atoms with Crippen molar-refractivity contribution in [3.63, 3.8) is 0 Å². The number of amides is 1. The van der Waals surface area contributed by atoms with Gasteiger partial charge in [-0.05, 0) is 68.9 Å². The third-order valence-corrected chi connectivity index (χ3v) is 9.12. The van der Waals surface area contributed by atoms with Gasteiger partial charge in [-0.3, -0.25) is 14.4 Å². The average molecular weight is 634 g/mol. The molecule has 3 aromatic carbocycles. The SMILES string of the molecule is Cc1ccc(S(=O)(=O)Nc2ccc3c(c2)CC(=O)N([C@H](C)CO)C[C@H](C)[C@H](CN(C)Cc2ccc(C(F)(F)F)cc2)O3)cc1. The van der Waals surface area contributed by atoms with Crippen LogP contribution in [-0.2, 0) is 34.0 Å². The molecule has 4 rings (SSSR count). The Hall–Kier alpha value is -3.61. The van der Waals surface area contributed by atoms with Gasteiger partial charge in [0.2, 0.25) is 5.91 Å². The van der Waals surface area contributed by atoms with Crippen LogP contribution in [-0.4, -0.2) is 68.1 Å². The molecule has 3 aromatic rings. The number of aliphatic hydroxyl groups is 1. The number of aliphatic hydroxyl groups excluding tert-OH is 1. The second kappa shape index (κ2) is 13.6. The molecule has 0 fully saturated rings. The van der Waals surface area contributed by atoms with Crippen molar-refractivity contribution in [2.75, 3.05) is 31.5 Å². The summed E-state index contributed by atoms with van der Waals surface area (Å²) in [5.74, 6) is 0.00383. The molecular formula is C32H38F3N3O5S. The zero-order chi connectivity index (χ0) is 32.2. The van der Waals surface area contributed by atoms with Gasteiger partial charge in [0.1, 0.15) is 11.9 Å². The predicted octanol–water partition coefficient (Wildman–Crippen LogP) is 5.10. The Morgan fingerprint density at radius 3 is 2.36 bits per heavy atom. The Labute approximate surface area is 256 Å². The van der Waals surface area contributed by atoms with Crippen LogP contribution < -0.4 is 9.46 Å². The van der Waals surface area contributed by atoms with Crippen LogP contribution in [0.25, 0.3) is 0 Å². The summed E-state index contributed by atoms with van der Waals surface area (Å²) in [7, 11) is -2.05. The van der Waals surface area contributed by atoms with Crippen LogP contribution >= 0.6 is 0 Å². The van der Waals surface area contributed by atoms with E-state index in [0.29, 0.717) is 36.5 Å². The number of alkyl halides is 3. The Morgan fingerprint density at radius 1 is 1.09 bits per heavy atom. The number of hydrogen-bond acceptors (Lipinski definition) is 6. The van der Waals surface area contributed by atoms with Gasteiger partial charge in [0.25, 0.3) is 10.0 Å². The summed E-state index contributed by atoms with van der Waals surface area (Å²) in [5, 5.41) is 9.88.